The van der Waals surface area contributed by atoms with Crippen molar-refractivity contribution in [1.82, 2.24) is 14.8 Å². The summed E-state index contributed by atoms with van der Waals surface area (Å²) >= 11 is 6.26. The molecule has 5 heteroatoms. The topological polar surface area (TPSA) is 39.9 Å². The van der Waals surface area contributed by atoms with Gasteiger partial charge in [0.05, 0.1) is 22.9 Å². The largest absolute Gasteiger partial charge is 0.493 e. The summed E-state index contributed by atoms with van der Waals surface area (Å²) in [5.41, 5.74) is 3.16. The van der Waals surface area contributed by atoms with Gasteiger partial charge in [0.2, 0.25) is 0 Å². The van der Waals surface area contributed by atoms with Crippen LogP contribution in [0.2, 0.25) is 5.15 Å². The second-order valence-electron chi connectivity index (χ2n) is 7.15. The molecule has 0 aliphatic heterocycles. The summed E-state index contributed by atoms with van der Waals surface area (Å²) in [6, 6.07) is 31.7. The third-order valence-corrected chi connectivity index (χ3v) is 5.75. The fourth-order valence-corrected chi connectivity index (χ4v) is 4.34. The van der Waals surface area contributed by atoms with Crippen LogP contribution in [0.15, 0.2) is 103 Å². The van der Waals surface area contributed by atoms with Crippen molar-refractivity contribution in [2.24, 2.45) is 0 Å². The number of halogens is 1. The Kier molecular flexibility index (Phi) is 4.10. The molecule has 0 spiro atoms. The van der Waals surface area contributed by atoms with Crippen molar-refractivity contribution in [1.29, 1.82) is 0 Å². The lowest BCUT2D eigenvalue weighted by Gasteiger charge is -2.37. The van der Waals surface area contributed by atoms with Crippen LogP contribution in [0, 0.1) is 0 Å². The van der Waals surface area contributed by atoms with E-state index in [1.54, 1.807) is 12.3 Å². The van der Waals surface area contributed by atoms with E-state index in [9.17, 15) is 0 Å². The van der Waals surface area contributed by atoms with Gasteiger partial charge in [0, 0.05) is 6.07 Å². The number of nitrogens with zero attached hydrogens (tertiary/aromatic N) is 3. The van der Waals surface area contributed by atoms with E-state index in [0.717, 1.165) is 16.7 Å². The van der Waals surface area contributed by atoms with Crippen LogP contribution in [-0.4, -0.2) is 21.8 Å². The number of benzene rings is 3. The molecule has 4 nitrogen and oxygen atoms in total. The van der Waals surface area contributed by atoms with E-state index in [1.165, 1.54) is 0 Å². The van der Waals surface area contributed by atoms with Crippen molar-refractivity contribution >= 4 is 22.6 Å². The lowest BCUT2D eigenvalue weighted by atomic mass is 9.77. The van der Waals surface area contributed by atoms with Gasteiger partial charge in [0.1, 0.15) is 11.1 Å². The van der Waals surface area contributed by atoms with Crippen molar-refractivity contribution in [2.75, 3.05) is 7.04 Å². The van der Waals surface area contributed by atoms with Gasteiger partial charge in [-0.05, 0) is 16.7 Å². The van der Waals surface area contributed by atoms with E-state index in [4.69, 9.17) is 25.5 Å². The first-order valence-corrected chi connectivity index (χ1v) is 10.2. The SMILES string of the molecule is [2H]C([2H])([2H])Oc1cc2c(cnn2C(c2ccccc2)(c2ccccc2)c2ccccc2)nc1Cl. The molecule has 3 aromatic carbocycles. The first-order chi connectivity index (χ1) is 16.4. The highest BCUT2D eigenvalue weighted by Crippen LogP contribution is 2.42. The van der Waals surface area contributed by atoms with Crippen molar-refractivity contribution in [3.05, 3.63) is 125 Å². The Morgan fingerprint density at radius 1 is 0.839 bits per heavy atom. The zero-order chi connectivity index (χ0) is 23.8. The Morgan fingerprint density at radius 3 is 1.84 bits per heavy atom. The molecule has 0 aliphatic carbocycles. The lowest BCUT2D eigenvalue weighted by Crippen LogP contribution is -2.38. The standard InChI is InChI=1S/C26H20ClN3O/c1-31-24-17-23-22(29-25(24)27)18-28-30(23)26(19-11-5-2-6-12-19,20-13-7-3-8-14-20)21-15-9-4-10-16-21/h2-18H,1H3/i1D3. The smallest absolute Gasteiger partial charge is 0.171 e. The highest BCUT2D eigenvalue weighted by Gasteiger charge is 2.40. The molecule has 0 saturated heterocycles. The van der Waals surface area contributed by atoms with E-state index >= 15 is 0 Å². The molecule has 31 heavy (non-hydrogen) atoms. The van der Waals surface area contributed by atoms with Crippen LogP contribution in [0.1, 0.15) is 20.8 Å². The number of hydrogen-bond donors (Lipinski definition) is 0. The van der Waals surface area contributed by atoms with Crippen molar-refractivity contribution in [3.8, 4) is 5.75 Å². The number of rotatable bonds is 5. The molecule has 0 aliphatic rings. The van der Waals surface area contributed by atoms with E-state index in [-0.39, 0.29) is 10.9 Å². The molecular formula is C26H20ClN3O. The van der Waals surface area contributed by atoms with Crippen LogP contribution in [0.4, 0.5) is 0 Å². The third-order valence-electron chi connectivity index (χ3n) is 5.48. The zero-order valence-corrected chi connectivity index (χ0v) is 17.2. The second-order valence-corrected chi connectivity index (χ2v) is 7.51. The first kappa shape index (κ1) is 16.1. The zero-order valence-electron chi connectivity index (χ0n) is 19.4. The first-order valence-electron chi connectivity index (χ1n) is 11.3. The summed E-state index contributed by atoms with van der Waals surface area (Å²) in [5, 5.41) is 4.74. The molecule has 0 saturated carbocycles. The second kappa shape index (κ2) is 7.89. The summed E-state index contributed by atoms with van der Waals surface area (Å²) in [6.45, 7) is 0. The Morgan fingerprint density at radius 2 is 1.35 bits per heavy atom. The molecule has 2 heterocycles. The van der Waals surface area contributed by atoms with Crippen molar-refractivity contribution in [3.63, 3.8) is 0 Å². The maximum absolute atomic E-state index is 7.52. The molecule has 0 radical (unpaired) electrons. The van der Waals surface area contributed by atoms with Gasteiger partial charge in [-0.25, -0.2) is 9.67 Å². The Labute approximate surface area is 189 Å². The Balaban J connectivity index is 1.89. The summed E-state index contributed by atoms with van der Waals surface area (Å²) in [4.78, 5) is 4.38. The number of hydrogen-bond acceptors (Lipinski definition) is 3. The van der Waals surface area contributed by atoms with Gasteiger partial charge < -0.3 is 4.74 Å². The molecule has 0 unspecified atom stereocenters. The summed E-state index contributed by atoms with van der Waals surface area (Å²) in [6.07, 6.45) is 1.63. The molecule has 0 amide bonds. The maximum Gasteiger partial charge on any atom is 0.171 e. The number of methoxy groups -OCH3 is 1. The minimum Gasteiger partial charge on any atom is -0.493 e. The molecule has 5 rings (SSSR count). The fraction of sp³-hybridized carbons (Fsp3) is 0.0769. The number of fused-ring (bicyclic) bond motifs is 1. The molecule has 152 valence electrons. The van der Waals surface area contributed by atoms with E-state index < -0.39 is 12.6 Å². The minimum atomic E-state index is -2.67. The highest BCUT2D eigenvalue weighted by atomic mass is 35.5. The predicted molar refractivity (Wildman–Crippen MR) is 124 cm³/mol. The molecule has 0 N–H and O–H groups in total. The molecule has 0 bridgehead atoms. The summed E-state index contributed by atoms with van der Waals surface area (Å²) < 4.78 is 29.6. The third kappa shape index (κ3) is 3.07. The van der Waals surface area contributed by atoms with Gasteiger partial charge in [-0.1, -0.05) is 103 Å². The van der Waals surface area contributed by atoms with Crippen LogP contribution in [-0.2, 0) is 5.54 Å². The van der Waals surface area contributed by atoms with Crippen LogP contribution in [0.25, 0.3) is 11.0 Å². The number of pyridine rings is 1. The van der Waals surface area contributed by atoms with Crippen LogP contribution in [0.3, 0.4) is 0 Å². The van der Waals surface area contributed by atoms with Gasteiger partial charge >= 0.3 is 0 Å². The molecule has 5 aromatic rings. The fourth-order valence-electron chi connectivity index (χ4n) is 4.16. The minimum absolute atomic E-state index is 0.0287. The van der Waals surface area contributed by atoms with Gasteiger partial charge in [0.25, 0.3) is 0 Å². The summed E-state index contributed by atoms with van der Waals surface area (Å²) in [5.74, 6) is -0.0287. The van der Waals surface area contributed by atoms with E-state index in [0.29, 0.717) is 11.0 Å². The van der Waals surface area contributed by atoms with Gasteiger partial charge in [-0.3, -0.25) is 0 Å². The quantitative estimate of drug-likeness (QED) is 0.257. The monoisotopic (exact) mass is 428 g/mol. The average Bonchev–Trinajstić information content (AvgIpc) is 3.24. The van der Waals surface area contributed by atoms with Crippen LogP contribution < -0.4 is 4.74 Å². The van der Waals surface area contributed by atoms with Crippen molar-refractivity contribution < 1.29 is 8.85 Å². The molecular weight excluding hydrogens is 406 g/mol. The normalized spacial score (nSPS) is 13.4. The summed E-state index contributed by atoms with van der Waals surface area (Å²) in [7, 11) is -2.67. The number of ether oxygens (including phenoxy) is 1. The van der Waals surface area contributed by atoms with Gasteiger partial charge in [-0.2, -0.15) is 5.10 Å². The molecule has 0 fully saturated rings. The number of aromatic nitrogens is 3. The van der Waals surface area contributed by atoms with Gasteiger partial charge in [-0.15, -0.1) is 0 Å². The maximum atomic E-state index is 7.52. The van der Waals surface area contributed by atoms with Gasteiger partial charge in [0.15, 0.2) is 10.9 Å². The van der Waals surface area contributed by atoms with Crippen LogP contribution in [0.5, 0.6) is 5.75 Å². The van der Waals surface area contributed by atoms with E-state index in [1.807, 2.05) is 59.3 Å². The average molecular weight is 429 g/mol. The Bertz CT molecular complexity index is 1330. The van der Waals surface area contributed by atoms with E-state index in [2.05, 4.69) is 41.4 Å². The Hall–Kier alpha value is -3.63. The predicted octanol–water partition coefficient (Wildman–Crippen LogP) is 5.93. The molecule has 0 atom stereocenters. The van der Waals surface area contributed by atoms with Crippen molar-refractivity contribution in [2.45, 2.75) is 5.54 Å². The lowest BCUT2D eigenvalue weighted by molar-refractivity contribution is 0.413. The molecule has 2 aromatic heterocycles. The highest BCUT2D eigenvalue weighted by molar-refractivity contribution is 6.31. The van der Waals surface area contributed by atoms with Crippen LogP contribution >= 0.6 is 11.6 Å².